The number of hydrogen-bond donors (Lipinski definition) is 2. The highest BCUT2D eigenvalue weighted by atomic mass is 16.2. The van der Waals surface area contributed by atoms with E-state index in [1.807, 2.05) is 25.1 Å². The van der Waals surface area contributed by atoms with E-state index < -0.39 is 6.04 Å². The molecule has 0 unspecified atom stereocenters. The molecule has 9 heteroatoms. The number of aromatic nitrogens is 2. The second-order valence-corrected chi connectivity index (χ2v) is 9.79. The molecule has 0 aliphatic heterocycles. The lowest BCUT2D eigenvalue weighted by molar-refractivity contribution is -0.134. The fourth-order valence-corrected chi connectivity index (χ4v) is 4.06. The number of anilines is 3. The molecule has 0 spiro atoms. The molecule has 2 N–H and O–H groups in total. The normalized spacial score (nSPS) is 17.1. The first-order valence-electron chi connectivity index (χ1n) is 12.6. The molecule has 2 aromatic rings. The van der Waals surface area contributed by atoms with Crippen molar-refractivity contribution < 1.29 is 9.59 Å². The number of nitriles is 1. The van der Waals surface area contributed by atoms with Gasteiger partial charge < -0.3 is 20.4 Å². The summed E-state index contributed by atoms with van der Waals surface area (Å²) in [6.45, 7) is 2.46. The molecule has 1 saturated carbocycles. The third-order valence-corrected chi connectivity index (χ3v) is 6.54. The zero-order valence-electron chi connectivity index (χ0n) is 22.7. The maximum Gasteiger partial charge on any atom is 0.246 e. The number of nitrogens with one attached hydrogen (secondary N) is 2. The molecule has 0 saturated heterocycles. The van der Waals surface area contributed by atoms with E-state index in [2.05, 4.69) is 38.5 Å². The van der Waals surface area contributed by atoms with Gasteiger partial charge in [0, 0.05) is 44.7 Å². The smallest absolute Gasteiger partial charge is 0.246 e. The summed E-state index contributed by atoms with van der Waals surface area (Å²) in [6.07, 6.45) is 7.16. The van der Waals surface area contributed by atoms with Crippen LogP contribution in [0.15, 0.2) is 42.6 Å². The van der Waals surface area contributed by atoms with Crippen LogP contribution in [0, 0.1) is 35.0 Å². The number of nitrogens with zero attached hydrogens (tertiary/aromatic N) is 5. The first-order valence-corrected chi connectivity index (χ1v) is 12.6. The van der Waals surface area contributed by atoms with Gasteiger partial charge in [-0.3, -0.25) is 9.59 Å². The number of ketones is 1. The molecule has 1 aromatic heterocycles. The van der Waals surface area contributed by atoms with Gasteiger partial charge in [-0.15, -0.1) is 0 Å². The van der Waals surface area contributed by atoms with E-state index in [-0.39, 0.29) is 23.5 Å². The average molecular weight is 514 g/mol. The van der Waals surface area contributed by atoms with Crippen LogP contribution in [0.2, 0.25) is 0 Å². The van der Waals surface area contributed by atoms with Gasteiger partial charge in [0.05, 0.1) is 29.4 Å². The van der Waals surface area contributed by atoms with Crippen molar-refractivity contribution >= 4 is 29.1 Å². The molecule has 9 nitrogen and oxygen atoms in total. The Hall–Kier alpha value is -4.21. The fraction of sp³-hybridized carbons (Fsp3) is 0.414. The van der Waals surface area contributed by atoms with Crippen LogP contribution in [0.3, 0.4) is 0 Å². The Morgan fingerprint density at radius 1 is 1.26 bits per heavy atom. The SMILES string of the molecule is CNc1nc(Nc2cccc(C#N)c2)ncc1C#CC1CC(CC(=O)[C@H](C)N(C)C(=O)/C=C/CN(C)C)C1. The van der Waals surface area contributed by atoms with Gasteiger partial charge in [0.1, 0.15) is 5.82 Å². The van der Waals surface area contributed by atoms with Gasteiger partial charge in [-0.25, -0.2) is 4.98 Å². The molecule has 1 fully saturated rings. The van der Waals surface area contributed by atoms with Gasteiger partial charge in [0.25, 0.3) is 0 Å². The number of benzene rings is 1. The highest BCUT2D eigenvalue weighted by molar-refractivity contribution is 5.93. The van der Waals surface area contributed by atoms with Crippen molar-refractivity contribution in [2.75, 3.05) is 45.4 Å². The third-order valence-electron chi connectivity index (χ3n) is 6.54. The van der Waals surface area contributed by atoms with Crippen LogP contribution >= 0.6 is 0 Å². The molecule has 1 aliphatic rings. The van der Waals surface area contributed by atoms with Crippen molar-refractivity contribution in [2.45, 2.75) is 32.2 Å². The van der Waals surface area contributed by atoms with E-state index in [1.54, 1.807) is 51.5 Å². The van der Waals surface area contributed by atoms with Gasteiger partial charge in [0.2, 0.25) is 11.9 Å². The zero-order valence-corrected chi connectivity index (χ0v) is 22.7. The Morgan fingerprint density at radius 2 is 2.03 bits per heavy atom. The van der Waals surface area contributed by atoms with Crippen molar-refractivity contribution in [3.8, 4) is 17.9 Å². The highest BCUT2D eigenvalue weighted by Gasteiger charge is 2.32. The van der Waals surface area contributed by atoms with Crippen LogP contribution in [0.5, 0.6) is 0 Å². The van der Waals surface area contributed by atoms with E-state index in [4.69, 9.17) is 5.26 Å². The molecule has 1 aromatic carbocycles. The quantitative estimate of drug-likeness (QED) is 0.367. The third kappa shape index (κ3) is 7.89. The fourth-order valence-electron chi connectivity index (χ4n) is 4.06. The van der Waals surface area contributed by atoms with Crippen LogP contribution in [0.1, 0.15) is 37.3 Å². The minimum atomic E-state index is -0.457. The Morgan fingerprint density at radius 3 is 2.71 bits per heavy atom. The summed E-state index contributed by atoms with van der Waals surface area (Å²) in [5, 5.41) is 15.2. The van der Waals surface area contributed by atoms with Crippen LogP contribution in [0.4, 0.5) is 17.5 Å². The second kappa shape index (κ2) is 13.4. The largest absolute Gasteiger partial charge is 0.372 e. The molecule has 1 aliphatic carbocycles. The monoisotopic (exact) mass is 513 g/mol. The van der Waals surface area contributed by atoms with E-state index in [0.717, 1.165) is 18.5 Å². The predicted molar refractivity (Wildman–Crippen MR) is 149 cm³/mol. The van der Waals surface area contributed by atoms with Crippen molar-refractivity contribution in [3.05, 3.63) is 53.7 Å². The number of likely N-dealkylation sites (N-methyl/N-ethyl adjacent to an activating group) is 2. The van der Waals surface area contributed by atoms with E-state index in [1.165, 1.54) is 11.0 Å². The van der Waals surface area contributed by atoms with Crippen molar-refractivity contribution in [1.29, 1.82) is 5.26 Å². The molecular formula is C29H35N7O2. The summed E-state index contributed by atoms with van der Waals surface area (Å²) in [5.41, 5.74) is 1.97. The lowest BCUT2D eigenvalue weighted by atomic mass is 9.72. The Balaban J connectivity index is 1.51. The maximum absolute atomic E-state index is 12.7. The van der Waals surface area contributed by atoms with E-state index in [9.17, 15) is 9.59 Å². The molecule has 0 radical (unpaired) electrons. The van der Waals surface area contributed by atoms with Crippen molar-refractivity contribution in [1.82, 2.24) is 19.8 Å². The van der Waals surface area contributed by atoms with Crippen LogP contribution in [-0.2, 0) is 9.59 Å². The molecule has 3 rings (SSSR count). The molecule has 198 valence electrons. The van der Waals surface area contributed by atoms with Gasteiger partial charge >= 0.3 is 0 Å². The molecule has 1 heterocycles. The summed E-state index contributed by atoms with van der Waals surface area (Å²) >= 11 is 0. The lowest BCUT2D eigenvalue weighted by Gasteiger charge is -2.33. The van der Waals surface area contributed by atoms with E-state index in [0.29, 0.717) is 35.9 Å². The lowest BCUT2D eigenvalue weighted by Crippen LogP contribution is -2.41. The minimum absolute atomic E-state index is 0.0764. The molecule has 1 atom stereocenters. The highest BCUT2D eigenvalue weighted by Crippen LogP contribution is 2.36. The Kier molecular flexibility index (Phi) is 9.98. The standard InChI is InChI=1S/C29H35N7O2/c1-20(36(5)27(38)10-7-13-35(3)4)26(37)17-23-14-21(15-23)11-12-24-19-32-29(34-28(24)31-2)33-25-9-6-8-22(16-25)18-30/h6-10,16,19-21,23H,13-15,17H2,1-5H3,(H2,31,32,33,34)/b10-7+/t20-,21?,23?/m0/s1. The number of amides is 1. The van der Waals surface area contributed by atoms with Gasteiger partial charge in [-0.1, -0.05) is 24.0 Å². The first-order chi connectivity index (χ1) is 18.2. The number of Topliss-reactive ketones (excluding diaryl/α,β-unsaturated/α-hetero) is 1. The Bertz CT molecular complexity index is 1280. The van der Waals surface area contributed by atoms with Gasteiger partial charge in [-0.2, -0.15) is 10.2 Å². The first kappa shape index (κ1) is 28.4. The van der Waals surface area contributed by atoms with Gasteiger partial charge in [0.15, 0.2) is 5.78 Å². The summed E-state index contributed by atoms with van der Waals surface area (Å²) < 4.78 is 0. The second-order valence-electron chi connectivity index (χ2n) is 9.79. The van der Waals surface area contributed by atoms with Crippen molar-refractivity contribution in [2.24, 2.45) is 11.8 Å². The topological polar surface area (TPSA) is 114 Å². The Labute approximate surface area is 225 Å². The van der Waals surface area contributed by atoms with Crippen LogP contribution < -0.4 is 10.6 Å². The summed E-state index contributed by atoms with van der Waals surface area (Å²) in [4.78, 5) is 37.4. The maximum atomic E-state index is 12.7. The molecule has 0 bridgehead atoms. The number of rotatable bonds is 10. The molecule has 38 heavy (non-hydrogen) atoms. The number of hydrogen-bond acceptors (Lipinski definition) is 8. The zero-order chi connectivity index (χ0) is 27.7. The molecule has 1 amide bonds. The number of carbonyl (C=O) groups excluding carboxylic acids is 2. The summed E-state index contributed by atoms with van der Waals surface area (Å²) in [5.74, 6) is 7.89. The van der Waals surface area contributed by atoms with Crippen LogP contribution in [-0.4, -0.2) is 72.2 Å². The van der Waals surface area contributed by atoms with Gasteiger partial charge in [-0.05, 0) is 58.0 Å². The summed E-state index contributed by atoms with van der Waals surface area (Å²) in [6, 6.07) is 8.75. The summed E-state index contributed by atoms with van der Waals surface area (Å²) in [7, 11) is 7.31. The van der Waals surface area contributed by atoms with Crippen LogP contribution in [0.25, 0.3) is 0 Å². The number of carbonyl (C=O) groups is 2. The average Bonchev–Trinajstić information content (AvgIpc) is 2.89. The molecular weight excluding hydrogens is 478 g/mol. The predicted octanol–water partition coefficient (Wildman–Crippen LogP) is 3.44. The van der Waals surface area contributed by atoms with Crippen molar-refractivity contribution in [3.63, 3.8) is 0 Å². The van der Waals surface area contributed by atoms with E-state index >= 15 is 0 Å². The minimum Gasteiger partial charge on any atom is -0.372 e.